The molecule has 2 aromatic rings. The van der Waals surface area contributed by atoms with Crippen molar-refractivity contribution < 1.29 is 23.9 Å². The molecule has 0 aromatic heterocycles. The smallest absolute Gasteiger partial charge is 0.408 e. The molecule has 0 aliphatic carbocycles. The van der Waals surface area contributed by atoms with Gasteiger partial charge in [-0.15, -0.1) is 0 Å². The van der Waals surface area contributed by atoms with Gasteiger partial charge in [-0.1, -0.05) is 51.6 Å². The van der Waals surface area contributed by atoms with E-state index >= 15 is 0 Å². The van der Waals surface area contributed by atoms with Gasteiger partial charge < -0.3 is 25.0 Å². The average molecular weight is 552 g/mol. The molecule has 2 rings (SSSR count). The Morgan fingerprint density at radius 1 is 1.05 bits per heavy atom. The van der Waals surface area contributed by atoms with Crippen molar-refractivity contribution in [1.29, 1.82) is 0 Å². The summed E-state index contributed by atoms with van der Waals surface area (Å²) in [7, 11) is 1.57. The first-order chi connectivity index (χ1) is 18.8. The predicted octanol–water partition coefficient (Wildman–Crippen LogP) is 6.58. The molecule has 0 bridgehead atoms. The van der Waals surface area contributed by atoms with Crippen molar-refractivity contribution in [3.05, 3.63) is 66.2 Å². The molecule has 2 aromatic carbocycles. The Labute approximate surface area is 239 Å². The molecule has 3 unspecified atom stereocenters. The molecule has 218 valence electrons. The van der Waals surface area contributed by atoms with E-state index in [1.54, 1.807) is 63.1 Å². The van der Waals surface area contributed by atoms with E-state index in [0.29, 0.717) is 29.8 Å². The van der Waals surface area contributed by atoms with Crippen LogP contribution in [0.3, 0.4) is 0 Å². The Morgan fingerprint density at radius 3 is 2.23 bits per heavy atom. The lowest BCUT2D eigenvalue weighted by atomic mass is 9.96. The fourth-order valence-corrected chi connectivity index (χ4v) is 4.30. The minimum absolute atomic E-state index is 0.0957. The first-order valence-electron chi connectivity index (χ1n) is 13.8. The number of methoxy groups -OCH3 is 1. The number of rotatable bonds is 12. The number of nitrogens with zero attached hydrogens (tertiary/aromatic N) is 1. The molecular formula is C32H45N3O5. The van der Waals surface area contributed by atoms with Gasteiger partial charge in [-0.05, 0) is 87.9 Å². The summed E-state index contributed by atoms with van der Waals surface area (Å²) < 4.78 is 10.7. The van der Waals surface area contributed by atoms with Crippen molar-refractivity contribution in [3.63, 3.8) is 0 Å². The van der Waals surface area contributed by atoms with Gasteiger partial charge in [-0.3, -0.25) is 9.59 Å². The van der Waals surface area contributed by atoms with Crippen molar-refractivity contribution in [1.82, 2.24) is 10.2 Å². The van der Waals surface area contributed by atoms with Gasteiger partial charge >= 0.3 is 6.09 Å². The van der Waals surface area contributed by atoms with E-state index in [0.717, 1.165) is 5.56 Å². The third-order valence-corrected chi connectivity index (χ3v) is 6.36. The number of nitrogens with one attached hydrogen (secondary N) is 2. The van der Waals surface area contributed by atoms with Crippen LogP contribution in [0.15, 0.2) is 55.1 Å². The lowest BCUT2D eigenvalue weighted by Crippen LogP contribution is -2.55. The number of alkyl carbamates (subject to hydrolysis) is 1. The van der Waals surface area contributed by atoms with Crippen molar-refractivity contribution in [2.24, 2.45) is 5.92 Å². The highest BCUT2D eigenvalue weighted by molar-refractivity contribution is 5.99. The summed E-state index contributed by atoms with van der Waals surface area (Å²) in [6.45, 7) is 17.0. The Hall–Kier alpha value is -3.81. The number of hydrogen-bond acceptors (Lipinski definition) is 5. The second-order valence-electron chi connectivity index (χ2n) is 11.3. The summed E-state index contributed by atoms with van der Waals surface area (Å²) in [6, 6.07) is 12.2. The highest BCUT2D eigenvalue weighted by Crippen LogP contribution is 2.29. The van der Waals surface area contributed by atoms with Gasteiger partial charge in [0.2, 0.25) is 5.91 Å². The fourth-order valence-electron chi connectivity index (χ4n) is 4.30. The van der Waals surface area contributed by atoms with Crippen molar-refractivity contribution in [3.8, 4) is 5.75 Å². The van der Waals surface area contributed by atoms with E-state index in [1.807, 2.05) is 52.0 Å². The first kappa shape index (κ1) is 32.4. The number of benzene rings is 2. The molecule has 0 radical (unpaired) electrons. The average Bonchev–Trinajstić information content (AvgIpc) is 2.89. The second kappa shape index (κ2) is 14.5. The fraction of sp³-hybridized carbons (Fsp3) is 0.469. The molecule has 3 atom stereocenters. The van der Waals surface area contributed by atoms with Gasteiger partial charge in [-0.2, -0.15) is 0 Å². The minimum atomic E-state index is -0.973. The standard InChI is InChI=1S/C32H45N3O5/c1-10-22(5)35(30(37)27(19-21(3)4)34-31(38)40-32(6,7)8)28(24-14-12-13-23(11-2)20-24)29(36)33-25-15-17-26(39-9)18-16-25/h11-18,20-22,27-28H,2,10,19H2,1,3-9H3,(H,33,36)(H,34,38). The number of carbonyl (C=O) groups excluding carboxylic acids is 3. The van der Waals surface area contributed by atoms with Crippen LogP contribution in [0.2, 0.25) is 0 Å². The topological polar surface area (TPSA) is 97.0 Å². The molecule has 0 saturated carbocycles. The maximum atomic E-state index is 14.3. The van der Waals surface area contributed by atoms with Crippen molar-refractivity contribution >= 4 is 29.7 Å². The summed E-state index contributed by atoms with van der Waals surface area (Å²) in [5.74, 6) is 0.0288. The zero-order chi connectivity index (χ0) is 30.0. The zero-order valence-corrected chi connectivity index (χ0v) is 25.1. The highest BCUT2D eigenvalue weighted by atomic mass is 16.6. The van der Waals surface area contributed by atoms with E-state index in [9.17, 15) is 14.4 Å². The van der Waals surface area contributed by atoms with Gasteiger partial charge in [-0.25, -0.2) is 4.79 Å². The highest BCUT2D eigenvalue weighted by Gasteiger charge is 2.38. The van der Waals surface area contributed by atoms with Crippen LogP contribution in [-0.2, 0) is 14.3 Å². The quantitative estimate of drug-likeness (QED) is 0.310. The second-order valence-corrected chi connectivity index (χ2v) is 11.3. The molecule has 0 fully saturated rings. The van der Waals surface area contributed by atoms with Crippen molar-refractivity contribution in [2.75, 3.05) is 12.4 Å². The molecule has 0 heterocycles. The SMILES string of the molecule is C=Cc1cccc(C(C(=O)Nc2ccc(OC)cc2)N(C(=O)C(CC(C)C)NC(=O)OC(C)(C)C)C(C)CC)c1. The van der Waals surface area contributed by atoms with Crippen LogP contribution in [0.5, 0.6) is 5.75 Å². The molecule has 2 N–H and O–H groups in total. The Kier molecular flexibility index (Phi) is 11.8. The lowest BCUT2D eigenvalue weighted by molar-refractivity contribution is -0.143. The van der Waals surface area contributed by atoms with Gasteiger partial charge in [0.15, 0.2) is 0 Å². The van der Waals surface area contributed by atoms with Crippen LogP contribution in [-0.4, -0.2) is 47.6 Å². The molecule has 0 spiro atoms. The molecule has 0 aliphatic heterocycles. The van der Waals surface area contributed by atoms with Crippen LogP contribution < -0.4 is 15.4 Å². The lowest BCUT2D eigenvalue weighted by Gasteiger charge is -2.38. The number of anilines is 1. The van der Waals surface area contributed by atoms with Gasteiger partial charge in [0, 0.05) is 11.7 Å². The summed E-state index contributed by atoms with van der Waals surface area (Å²) in [5.41, 5.74) is 1.30. The predicted molar refractivity (Wildman–Crippen MR) is 160 cm³/mol. The summed E-state index contributed by atoms with van der Waals surface area (Å²) in [4.78, 5) is 42.7. The van der Waals surface area contributed by atoms with E-state index in [4.69, 9.17) is 9.47 Å². The van der Waals surface area contributed by atoms with Crippen molar-refractivity contribution in [2.45, 2.75) is 85.0 Å². The Bertz CT molecular complexity index is 1150. The van der Waals surface area contributed by atoms with Crippen LogP contribution in [0.4, 0.5) is 10.5 Å². The first-order valence-corrected chi connectivity index (χ1v) is 13.8. The number of carbonyl (C=O) groups is 3. The monoisotopic (exact) mass is 551 g/mol. The molecule has 40 heavy (non-hydrogen) atoms. The van der Waals surface area contributed by atoms with E-state index in [-0.39, 0.29) is 23.8 Å². The van der Waals surface area contributed by atoms with Gasteiger partial charge in [0.05, 0.1) is 7.11 Å². The van der Waals surface area contributed by atoms with E-state index in [2.05, 4.69) is 17.2 Å². The zero-order valence-electron chi connectivity index (χ0n) is 25.1. The normalized spacial score (nSPS) is 13.5. The Balaban J connectivity index is 2.59. The van der Waals surface area contributed by atoms with Crippen LogP contribution in [0.25, 0.3) is 6.08 Å². The molecule has 8 heteroatoms. The third-order valence-electron chi connectivity index (χ3n) is 6.36. The number of amides is 3. The minimum Gasteiger partial charge on any atom is -0.497 e. The summed E-state index contributed by atoms with van der Waals surface area (Å²) in [6.07, 6.45) is 2.00. The molecule has 3 amide bonds. The van der Waals surface area contributed by atoms with Gasteiger partial charge in [0.25, 0.3) is 5.91 Å². The maximum Gasteiger partial charge on any atom is 0.408 e. The number of hydrogen-bond donors (Lipinski definition) is 2. The molecule has 8 nitrogen and oxygen atoms in total. The maximum absolute atomic E-state index is 14.3. The van der Waals surface area contributed by atoms with Crippen LogP contribution in [0.1, 0.15) is 78.5 Å². The van der Waals surface area contributed by atoms with Crippen LogP contribution >= 0.6 is 0 Å². The van der Waals surface area contributed by atoms with Crippen LogP contribution in [0, 0.1) is 5.92 Å². The largest absolute Gasteiger partial charge is 0.497 e. The Morgan fingerprint density at radius 2 is 1.70 bits per heavy atom. The van der Waals surface area contributed by atoms with E-state index < -0.39 is 23.8 Å². The molecule has 0 aliphatic rings. The summed E-state index contributed by atoms with van der Waals surface area (Å²) >= 11 is 0. The number of ether oxygens (including phenoxy) is 2. The molecular weight excluding hydrogens is 506 g/mol. The molecule has 0 saturated heterocycles. The van der Waals surface area contributed by atoms with E-state index in [1.165, 1.54) is 0 Å². The summed E-state index contributed by atoms with van der Waals surface area (Å²) in [5, 5.41) is 5.75. The van der Waals surface area contributed by atoms with Gasteiger partial charge in [0.1, 0.15) is 23.4 Å². The third kappa shape index (κ3) is 9.43.